The summed E-state index contributed by atoms with van der Waals surface area (Å²) in [5.74, 6) is 0.311. The van der Waals surface area contributed by atoms with Gasteiger partial charge in [-0.3, -0.25) is 4.79 Å². The Morgan fingerprint density at radius 2 is 1.80 bits per heavy atom. The van der Waals surface area contributed by atoms with Crippen LogP contribution in [0.2, 0.25) is 0 Å². The van der Waals surface area contributed by atoms with Gasteiger partial charge >= 0.3 is 5.97 Å². The van der Waals surface area contributed by atoms with E-state index in [1.54, 1.807) is 0 Å². The second-order valence-corrected chi connectivity index (χ2v) is 6.98. The SMILES string of the molecule is CCC1CCCN(CC2(C(=O)O)CCCCCC2)CC1. The number of likely N-dealkylation sites (tertiary alicyclic amines) is 1. The average Bonchev–Trinajstić information content (AvgIpc) is 2.80. The quantitative estimate of drug-likeness (QED) is 0.794. The minimum atomic E-state index is -0.546. The number of carboxylic acids is 1. The molecule has 1 atom stereocenters. The van der Waals surface area contributed by atoms with E-state index in [-0.39, 0.29) is 0 Å². The Kier molecular flexibility index (Phi) is 5.88. The summed E-state index contributed by atoms with van der Waals surface area (Å²) in [5.41, 5.74) is -0.456. The zero-order valence-corrected chi connectivity index (χ0v) is 13.1. The number of rotatable bonds is 4. The van der Waals surface area contributed by atoms with Crippen molar-refractivity contribution in [1.82, 2.24) is 4.90 Å². The van der Waals surface area contributed by atoms with Crippen molar-refractivity contribution in [2.75, 3.05) is 19.6 Å². The lowest BCUT2D eigenvalue weighted by Gasteiger charge is -2.34. The Morgan fingerprint density at radius 1 is 1.10 bits per heavy atom. The van der Waals surface area contributed by atoms with Crippen LogP contribution in [0.25, 0.3) is 0 Å². The molecule has 1 saturated heterocycles. The van der Waals surface area contributed by atoms with Crippen LogP contribution in [0.5, 0.6) is 0 Å². The van der Waals surface area contributed by atoms with Crippen LogP contribution >= 0.6 is 0 Å². The van der Waals surface area contributed by atoms with Gasteiger partial charge in [-0.05, 0) is 51.1 Å². The van der Waals surface area contributed by atoms with Gasteiger partial charge in [0.15, 0.2) is 0 Å². The molecule has 3 nitrogen and oxygen atoms in total. The minimum absolute atomic E-state index is 0.456. The van der Waals surface area contributed by atoms with Crippen LogP contribution in [-0.2, 0) is 4.79 Å². The monoisotopic (exact) mass is 281 g/mol. The fraction of sp³-hybridized carbons (Fsp3) is 0.941. The molecule has 1 heterocycles. The van der Waals surface area contributed by atoms with Gasteiger partial charge < -0.3 is 10.0 Å². The first-order chi connectivity index (χ1) is 9.66. The summed E-state index contributed by atoms with van der Waals surface area (Å²) in [5, 5.41) is 9.79. The molecule has 0 bridgehead atoms. The Hall–Kier alpha value is -0.570. The van der Waals surface area contributed by atoms with Crippen LogP contribution in [0.3, 0.4) is 0 Å². The lowest BCUT2D eigenvalue weighted by molar-refractivity contribution is -0.151. The Morgan fingerprint density at radius 3 is 2.40 bits per heavy atom. The summed E-state index contributed by atoms with van der Waals surface area (Å²) in [7, 11) is 0. The molecular weight excluding hydrogens is 250 g/mol. The fourth-order valence-electron chi connectivity index (χ4n) is 4.06. The van der Waals surface area contributed by atoms with Crippen LogP contribution < -0.4 is 0 Å². The molecule has 0 aromatic rings. The molecule has 0 amide bonds. The second kappa shape index (κ2) is 7.44. The van der Waals surface area contributed by atoms with Crippen molar-refractivity contribution in [3.05, 3.63) is 0 Å². The first-order valence-electron chi connectivity index (χ1n) is 8.62. The molecule has 0 radical (unpaired) electrons. The Labute approximate surface area is 123 Å². The third-order valence-electron chi connectivity index (χ3n) is 5.56. The molecule has 116 valence electrons. The molecule has 2 fully saturated rings. The van der Waals surface area contributed by atoms with Gasteiger partial charge in [-0.2, -0.15) is 0 Å². The molecule has 1 aliphatic heterocycles. The van der Waals surface area contributed by atoms with Gasteiger partial charge in [0, 0.05) is 6.54 Å². The van der Waals surface area contributed by atoms with Crippen LogP contribution in [0.15, 0.2) is 0 Å². The van der Waals surface area contributed by atoms with Crippen LogP contribution in [0, 0.1) is 11.3 Å². The van der Waals surface area contributed by atoms with Gasteiger partial charge in [0.2, 0.25) is 0 Å². The van der Waals surface area contributed by atoms with Crippen LogP contribution in [0.4, 0.5) is 0 Å². The summed E-state index contributed by atoms with van der Waals surface area (Å²) in [6.07, 6.45) is 11.5. The van der Waals surface area contributed by atoms with Gasteiger partial charge in [-0.25, -0.2) is 0 Å². The van der Waals surface area contributed by atoms with Gasteiger partial charge in [-0.1, -0.05) is 39.0 Å². The maximum Gasteiger partial charge on any atom is 0.310 e. The maximum atomic E-state index is 11.9. The topological polar surface area (TPSA) is 40.5 Å². The van der Waals surface area contributed by atoms with E-state index in [2.05, 4.69) is 11.8 Å². The Bertz CT molecular complexity index is 308. The number of hydrogen-bond acceptors (Lipinski definition) is 2. The first kappa shape index (κ1) is 15.8. The predicted molar refractivity (Wildman–Crippen MR) is 81.8 cm³/mol. The lowest BCUT2D eigenvalue weighted by atomic mass is 9.79. The van der Waals surface area contributed by atoms with Crippen molar-refractivity contribution in [3.8, 4) is 0 Å². The second-order valence-electron chi connectivity index (χ2n) is 6.98. The molecule has 0 aromatic carbocycles. The highest BCUT2D eigenvalue weighted by Gasteiger charge is 2.40. The zero-order valence-electron chi connectivity index (χ0n) is 13.1. The Balaban J connectivity index is 1.98. The van der Waals surface area contributed by atoms with Crippen molar-refractivity contribution >= 4 is 5.97 Å². The molecule has 3 heteroatoms. The number of carboxylic acid groups (broad SMARTS) is 1. The van der Waals surface area contributed by atoms with Crippen molar-refractivity contribution in [3.63, 3.8) is 0 Å². The van der Waals surface area contributed by atoms with E-state index >= 15 is 0 Å². The van der Waals surface area contributed by atoms with Crippen LogP contribution in [-0.4, -0.2) is 35.6 Å². The number of hydrogen-bond donors (Lipinski definition) is 1. The van der Waals surface area contributed by atoms with Crippen molar-refractivity contribution < 1.29 is 9.90 Å². The molecule has 0 aromatic heterocycles. The first-order valence-corrected chi connectivity index (χ1v) is 8.62. The molecule has 0 spiro atoms. The summed E-state index contributed by atoms with van der Waals surface area (Å²) in [6.45, 7) is 5.28. The number of carbonyl (C=O) groups is 1. The normalized spacial score (nSPS) is 28.6. The summed E-state index contributed by atoms with van der Waals surface area (Å²) in [4.78, 5) is 14.3. The number of nitrogens with zero attached hydrogens (tertiary/aromatic N) is 1. The predicted octanol–water partition coefficient (Wildman–Crippen LogP) is 3.92. The van der Waals surface area contributed by atoms with E-state index in [0.717, 1.165) is 51.2 Å². The van der Waals surface area contributed by atoms with Crippen molar-refractivity contribution in [2.45, 2.75) is 71.1 Å². The zero-order chi connectivity index (χ0) is 14.4. The molecule has 1 saturated carbocycles. The minimum Gasteiger partial charge on any atom is -0.481 e. The third kappa shape index (κ3) is 3.97. The fourth-order valence-corrected chi connectivity index (χ4v) is 4.06. The van der Waals surface area contributed by atoms with Gasteiger partial charge in [0.05, 0.1) is 5.41 Å². The molecular formula is C17H31NO2. The van der Waals surface area contributed by atoms with E-state index in [1.807, 2.05) is 0 Å². The summed E-state index contributed by atoms with van der Waals surface area (Å²) in [6, 6.07) is 0. The molecule has 20 heavy (non-hydrogen) atoms. The smallest absolute Gasteiger partial charge is 0.310 e. The highest BCUT2D eigenvalue weighted by Crippen LogP contribution is 2.37. The molecule has 1 N–H and O–H groups in total. The van der Waals surface area contributed by atoms with E-state index < -0.39 is 11.4 Å². The van der Waals surface area contributed by atoms with Gasteiger partial charge in [-0.15, -0.1) is 0 Å². The highest BCUT2D eigenvalue weighted by molar-refractivity contribution is 5.75. The molecule has 2 rings (SSSR count). The van der Waals surface area contributed by atoms with Crippen molar-refractivity contribution in [1.29, 1.82) is 0 Å². The molecule has 1 aliphatic carbocycles. The van der Waals surface area contributed by atoms with E-state index in [1.165, 1.54) is 38.5 Å². The lowest BCUT2D eigenvalue weighted by Crippen LogP contribution is -2.43. The van der Waals surface area contributed by atoms with Gasteiger partial charge in [0.25, 0.3) is 0 Å². The van der Waals surface area contributed by atoms with E-state index in [9.17, 15) is 9.90 Å². The largest absolute Gasteiger partial charge is 0.481 e. The van der Waals surface area contributed by atoms with E-state index in [0.29, 0.717) is 0 Å². The standard InChI is InChI=1S/C17H31NO2/c1-2-15-8-7-12-18(13-9-15)14-17(16(19)20)10-5-3-4-6-11-17/h15H,2-14H2,1H3,(H,19,20). The highest BCUT2D eigenvalue weighted by atomic mass is 16.4. The maximum absolute atomic E-state index is 11.9. The molecule has 1 unspecified atom stereocenters. The van der Waals surface area contributed by atoms with Crippen LogP contribution in [0.1, 0.15) is 71.1 Å². The summed E-state index contributed by atoms with van der Waals surface area (Å²) >= 11 is 0. The van der Waals surface area contributed by atoms with Crippen molar-refractivity contribution in [2.24, 2.45) is 11.3 Å². The summed E-state index contributed by atoms with van der Waals surface area (Å²) < 4.78 is 0. The average molecular weight is 281 g/mol. The van der Waals surface area contributed by atoms with Gasteiger partial charge in [0.1, 0.15) is 0 Å². The van der Waals surface area contributed by atoms with E-state index in [4.69, 9.17) is 0 Å². The third-order valence-corrected chi connectivity index (χ3v) is 5.56. The number of aliphatic carboxylic acids is 1. The molecule has 2 aliphatic rings.